The first-order chi connectivity index (χ1) is 15.0. The fourth-order valence-electron chi connectivity index (χ4n) is 3.25. The van der Waals surface area contributed by atoms with Gasteiger partial charge in [0.05, 0.1) is 12.3 Å². The molecule has 1 unspecified atom stereocenters. The standard InChI is InChI=1S/C23H20N2O4S2/c1-3-29-22(27)18-17(15-11-9-14(2)10-12-15)13-30-19(18)24-20-21(26)25(23(28)31-20)16-7-5-4-6-8-16/h4-13,20,24H,3H2,1-2H3. The lowest BCUT2D eigenvalue weighted by Crippen LogP contribution is -2.34. The zero-order chi connectivity index (χ0) is 22.0. The van der Waals surface area contributed by atoms with E-state index in [1.807, 2.05) is 42.6 Å². The second-order valence-corrected chi connectivity index (χ2v) is 8.79. The second kappa shape index (κ2) is 8.95. The summed E-state index contributed by atoms with van der Waals surface area (Å²) in [5, 5.41) is 4.27. The number of thiophene rings is 1. The van der Waals surface area contributed by atoms with Crippen LogP contribution in [0.1, 0.15) is 22.8 Å². The number of anilines is 2. The Morgan fingerprint density at radius 2 is 1.81 bits per heavy atom. The van der Waals surface area contributed by atoms with Crippen LogP contribution >= 0.6 is 23.1 Å². The molecule has 0 aliphatic carbocycles. The highest BCUT2D eigenvalue weighted by molar-refractivity contribution is 8.16. The van der Waals surface area contributed by atoms with Gasteiger partial charge in [-0.25, -0.2) is 9.69 Å². The normalized spacial score (nSPS) is 15.9. The van der Waals surface area contributed by atoms with E-state index in [1.165, 1.54) is 11.3 Å². The number of aryl methyl sites for hydroxylation is 1. The van der Waals surface area contributed by atoms with Crippen LogP contribution < -0.4 is 10.2 Å². The van der Waals surface area contributed by atoms with E-state index >= 15 is 0 Å². The summed E-state index contributed by atoms with van der Waals surface area (Å²) < 4.78 is 5.27. The Kier molecular flexibility index (Phi) is 6.11. The van der Waals surface area contributed by atoms with Gasteiger partial charge >= 0.3 is 5.97 Å². The predicted molar refractivity (Wildman–Crippen MR) is 125 cm³/mol. The SMILES string of the molecule is CCOC(=O)c1c(-c2ccc(C)cc2)csc1NC1SC(=O)N(c2ccccc2)C1=O. The van der Waals surface area contributed by atoms with Gasteiger partial charge in [-0.05, 0) is 43.3 Å². The molecule has 2 heterocycles. The molecule has 1 aliphatic heterocycles. The molecule has 1 atom stereocenters. The van der Waals surface area contributed by atoms with Gasteiger partial charge in [-0.15, -0.1) is 11.3 Å². The Labute approximate surface area is 188 Å². The molecule has 3 aromatic rings. The van der Waals surface area contributed by atoms with Crippen molar-refractivity contribution in [2.45, 2.75) is 19.2 Å². The van der Waals surface area contributed by atoms with Crippen molar-refractivity contribution >= 4 is 50.9 Å². The maximum atomic E-state index is 13.0. The first-order valence-corrected chi connectivity index (χ1v) is 11.5. The lowest BCUT2D eigenvalue weighted by Gasteiger charge is -2.15. The van der Waals surface area contributed by atoms with Gasteiger partial charge in [-0.3, -0.25) is 9.59 Å². The van der Waals surface area contributed by atoms with Crippen LogP contribution in [0.15, 0.2) is 60.0 Å². The highest BCUT2D eigenvalue weighted by Crippen LogP contribution is 2.39. The van der Waals surface area contributed by atoms with E-state index in [9.17, 15) is 14.4 Å². The zero-order valence-corrected chi connectivity index (χ0v) is 18.6. The molecule has 6 nitrogen and oxygen atoms in total. The number of nitrogens with zero attached hydrogens (tertiary/aromatic N) is 1. The lowest BCUT2D eigenvalue weighted by molar-refractivity contribution is -0.116. The van der Waals surface area contributed by atoms with Crippen LogP contribution in [0.4, 0.5) is 15.5 Å². The zero-order valence-electron chi connectivity index (χ0n) is 17.0. The van der Waals surface area contributed by atoms with Crippen molar-refractivity contribution in [3.8, 4) is 11.1 Å². The van der Waals surface area contributed by atoms with Crippen molar-refractivity contribution in [3.05, 3.63) is 71.1 Å². The van der Waals surface area contributed by atoms with Gasteiger partial charge in [-0.1, -0.05) is 48.0 Å². The number of benzene rings is 2. The minimum Gasteiger partial charge on any atom is -0.462 e. The molecule has 0 saturated carbocycles. The number of thioether (sulfide) groups is 1. The van der Waals surface area contributed by atoms with Crippen LogP contribution in [0.25, 0.3) is 11.1 Å². The summed E-state index contributed by atoms with van der Waals surface area (Å²) >= 11 is 2.20. The quantitative estimate of drug-likeness (QED) is 0.495. The van der Waals surface area contributed by atoms with Crippen LogP contribution in [0.5, 0.6) is 0 Å². The third-order valence-corrected chi connectivity index (χ3v) is 6.61. The minimum absolute atomic E-state index is 0.235. The number of ether oxygens (including phenoxy) is 1. The molecule has 0 bridgehead atoms. The third kappa shape index (κ3) is 4.22. The van der Waals surface area contributed by atoms with E-state index < -0.39 is 11.3 Å². The maximum absolute atomic E-state index is 13.0. The molecule has 0 spiro atoms. The first kappa shape index (κ1) is 21.1. The predicted octanol–water partition coefficient (Wildman–Crippen LogP) is 5.54. The summed E-state index contributed by atoms with van der Waals surface area (Å²) in [6, 6.07) is 16.6. The molecule has 1 N–H and O–H groups in total. The summed E-state index contributed by atoms with van der Waals surface area (Å²) in [4.78, 5) is 39.4. The molecule has 1 saturated heterocycles. The number of carbonyl (C=O) groups is 3. The number of hydrogen-bond donors (Lipinski definition) is 1. The van der Waals surface area contributed by atoms with Gasteiger partial charge in [0.2, 0.25) is 0 Å². The highest BCUT2D eigenvalue weighted by Gasteiger charge is 2.41. The Morgan fingerprint density at radius 1 is 1.10 bits per heavy atom. The molecule has 1 aromatic heterocycles. The van der Waals surface area contributed by atoms with E-state index in [1.54, 1.807) is 31.2 Å². The van der Waals surface area contributed by atoms with Crippen molar-refractivity contribution in [2.75, 3.05) is 16.8 Å². The third-order valence-electron chi connectivity index (χ3n) is 4.76. The maximum Gasteiger partial charge on any atom is 0.341 e. The van der Waals surface area contributed by atoms with Gasteiger partial charge in [0.1, 0.15) is 10.6 Å². The first-order valence-electron chi connectivity index (χ1n) is 9.71. The van der Waals surface area contributed by atoms with Crippen LogP contribution in [0.3, 0.4) is 0 Å². The van der Waals surface area contributed by atoms with Crippen LogP contribution in [-0.4, -0.2) is 29.1 Å². The van der Waals surface area contributed by atoms with Crippen LogP contribution in [0.2, 0.25) is 0 Å². The molecule has 8 heteroatoms. The average Bonchev–Trinajstić information content (AvgIpc) is 3.30. The van der Waals surface area contributed by atoms with Gasteiger partial charge in [0.25, 0.3) is 11.1 Å². The van der Waals surface area contributed by atoms with E-state index in [2.05, 4.69) is 5.32 Å². The Bertz CT molecular complexity index is 1130. The molecule has 31 heavy (non-hydrogen) atoms. The molecule has 158 valence electrons. The number of para-hydroxylation sites is 1. The van der Waals surface area contributed by atoms with E-state index in [0.717, 1.165) is 33.4 Å². The largest absolute Gasteiger partial charge is 0.462 e. The summed E-state index contributed by atoms with van der Waals surface area (Å²) in [5.74, 6) is -0.843. The molecule has 1 fully saturated rings. The Hall–Kier alpha value is -3.10. The molecule has 4 rings (SSSR count). The van der Waals surface area contributed by atoms with Crippen LogP contribution in [0, 0.1) is 6.92 Å². The fraction of sp³-hybridized carbons (Fsp3) is 0.174. The minimum atomic E-state index is -0.828. The van der Waals surface area contributed by atoms with E-state index in [0.29, 0.717) is 16.3 Å². The van der Waals surface area contributed by atoms with E-state index in [-0.39, 0.29) is 17.8 Å². The summed E-state index contributed by atoms with van der Waals surface area (Å²) in [6.45, 7) is 3.98. The van der Waals surface area contributed by atoms with Crippen molar-refractivity contribution in [1.29, 1.82) is 0 Å². The van der Waals surface area contributed by atoms with Gasteiger partial charge < -0.3 is 10.1 Å². The highest BCUT2D eigenvalue weighted by atomic mass is 32.2. The average molecular weight is 453 g/mol. The summed E-state index contributed by atoms with van der Waals surface area (Å²) in [5.41, 5.74) is 3.61. The van der Waals surface area contributed by atoms with Gasteiger partial charge in [-0.2, -0.15) is 0 Å². The monoisotopic (exact) mass is 452 g/mol. The number of hydrogen-bond acceptors (Lipinski definition) is 7. The molecule has 0 radical (unpaired) electrons. The number of carbonyl (C=O) groups excluding carboxylic acids is 3. The van der Waals surface area contributed by atoms with Crippen molar-refractivity contribution in [3.63, 3.8) is 0 Å². The van der Waals surface area contributed by atoms with Crippen molar-refractivity contribution < 1.29 is 19.1 Å². The summed E-state index contributed by atoms with van der Waals surface area (Å²) in [6.07, 6.45) is 0. The van der Waals surface area contributed by atoms with Crippen molar-refractivity contribution in [2.24, 2.45) is 0 Å². The second-order valence-electron chi connectivity index (χ2n) is 6.86. The molecule has 1 aliphatic rings. The molecule has 2 aromatic carbocycles. The van der Waals surface area contributed by atoms with E-state index in [4.69, 9.17) is 4.74 Å². The lowest BCUT2D eigenvalue weighted by atomic mass is 10.0. The Morgan fingerprint density at radius 3 is 2.48 bits per heavy atom. The Balaban J connectivity index is 1.65. The number of nitrogens with one attached hydrogen (secondary N) is 1. The number of amides is 2. The van der Waals surface area contributed by atoms with Crippen LogP contribution in [-0.2, 0) is 9.53 Å². The molecular weight excluding hydrogens is 432 g/mol. The molecule has 2 amide bonds. The summed E-state index contributed by atoms with van der Waals surface area (Å²) in [7, 11) is 0. The number of imide groups is 1. The number of rotatable bonds is 6. The topological polar surface area (TPSA) is 75.7 Å². The van der Waals surface area contributed by atoms with Gasteiger partial charge in [0, 0.05) is 10.9 Å². The fourth-order valence-corrected chi connectivity index (χ4v) is 5.19. The van der Waals surface area contributed by atoms with Gasteiger partial charge in [0.15, 0.2) is 5.37 Å². The number of esters is 1. The molecular formula is C23H20N2O4S2. The van der Waals surface area contributed by atoms with Crippen molar-refractivity contribution in [1.82, 2.24) is 0 Å². The smallest absolute Gasteiger partial charge is 0.341 e.